The summed E-state index contributed by atoms with van der Waals surface area (Å²) in [4.78, 5) is 17.0. The number of hydrogen-bond acceptors (Lipinski definition) is 4. The average Bonchev–Trinajstić information content (AvgIpc) is 2.59. The van der Waals surface area contributed by atoms with Gasteiger partial charge in [0.2, 0.25) is 0 Å². The van der Waals surface area contributed by atoms with Crippen LogP contribution in [-0.2, 0) is 17.9 Å². The molecular weight excluding hydrogens is 304 g/mol. The minimum atomic E-state index is -0.770. The second-order valence-electron chi connectivity index (χ2n) is 5.75. The molecule has 1 aromatic heterocycles. The molecule has 0 aliphatic heterocycles. The largest absolute Gasteiger partial charge is 0.389 e. The number of aromatic nitrogens is 2. The molecule has 0 bridgehead atoms. The number of aryl methyl sites for hydroxylation is 1. The summed E-state index contributed by atoms with van der Waals surface area (Å²) in [6.07, 6.45) is -0.770. The Hall–Kier alpha value is -2.50. The van der Waals surface area contributed by atoms with Crippen molar-refractivity contribution in [3.8, 4) is 0 Å². The van der Waals surface area contributed by atoms with Gasteiger partial charge in [0.25, 0.3) is 5.56 Å². The minimum absolute atomic E-state index is 0.139. The molecule has 0 spiro atoms. The van der Waals surface area contributed by atoms with Crippen molar-refractivity contribution in [3.63, 3.8) is 0 Å². The molecule has 3 aromatic rings. The van der Waals surface area contributed by atoms with E-state index in [0.29, 0.717) is 23.3 Å². The molecule has 0 aliphatic carbocycles. The van der Waals surface area contributed by atoms with Crippen LogP contribution in [-0.4, -0.2) is 27.4 Å². The van der Waals surface area contributed by atoms with Crippen molar-refractivity contribution in [2.45, 2.75) is 26.2 Å². The summed E-state index contributed by atoms with van der Waals surface area (Å²) in [5, 5.41) is 10.7. The summed E-state index contributed by atoms with van der Waals surface area (Å²) in [5.41, 5.74) is 1.58. The predicted octanol–water partition coefficient (Wildman–Crippen LogP) is 2.28. The Kier molecular flexibility index (Phi) is 5.03. The first-order chi connectivity index (χ1) is 11.6. The van der Waals surface area contributed by atoms with E-state index in [1.165, 1.54) is 4.57 Å². The standard InChI is InChI=1S/C19H20N2O3/c1-14-20-18-10-6-5-9-17(18)19(23)21(14)11-16(22)13-24-12-15-7-3-2-4-8-15/h2-10,16,22H,11-13H2,1H3. The SMILES string of the molecule is Cc1nc2ccccc2c(=O)n1CC(O)COCc1ccccc1. The number of ether oxygens (including phenoxy) is 1. The molecule has 1 unspecified atom stereocenters. The molecule has 2 aromatic carbocycles. The first-order valence-corrected chi connectivity index (χ1v) is 7.91. The third-order valence-corrected chi connectivity index (χ3v) is 3.87. The first kappa shape index (κ1) is 16.4. The summed E-state index contributed by atoms with van der Waals surface area (Å²) in [7, 11) is 0. The van der Waals surface area contributed by atoms with E-state index < -0.39 is 6.10 Å². The maximum absolute atomic E-state index is 12.6. The van der Waals surface area contributed by atoms with Crippen molar-refractivity contribution in [2.75, 3.05) is 6.61 Å². The smallest absolute Gasteiger partial charge is 0.261 e. The zero-order valence-electron chi connectivity index (χ0n) is 13.6. The number of nitrogens with zero attached hydrogens (tertiary/aromatic N) is 2. The van der Waals surface area contributed by atoms with Crippen molar-refractivity contribution >= 4 is 10.9 Å². The first-order valence-electron chi connectivity index (χ1n) is 7.91. The lowest BCUT2D eigenvalue weighted by molar-refractivity contribution is 0.0195. The Morgan fingerprint density at radius 2 is 1.83 bits per heavy atom. The van der Waals surface area contributed by atoms with E-state index in [2.05, 4.69) is 4.98 Å². The summed E-state index contributed by atoms with van der Waals surface area (Å²) >= 11 is 0. The van der Waals surface area contributed by atoms with E-state index in [0.717, 1.165) is 5.56 Å². The molecule has 5 nitrogen and oxygen atoms in total. The maximum atomic E-state index is 12.6. The molecule has 1 heterocycles. The van der Waals surface area contributed by atoms with Crippen LogP contribution in [0.2, 0.25) is 0 Å². The highest BCUT2D eigenvalue weighted by Gasteiger charge is 2.12. The maximum Gasteiger partial charge on any atom is 0.261 e. The number of aliphatic hydroxyl groups is 1. The predicted molar refractivity (Wildman–Crippen MR) is 92.8 cm³/mol. The molecule has 0 fully saturated rings. The van der Waals surface area contributed by atoms with Crippen molar-refractivity contribution in [2.24, 2.45) is 0 Å². The molecule has 0 saturated heterocycles. The number of benzene rings is 2. The fourth-order valence-corrected chi connectivity index (χ4v) is 2.64. The molecule has 124 valence electrons. The van der Waals surface area contributed by atoms with E-state index in [1.807, 2.05) is 48.5 Å². The summed E-state index contributed by atoms with van der Waals surface area (Å²) in [5.74, 6) is 0.584. The van der Waals surface area contributed by atoms with Gasteiger partial charge in [-0.2, -0.15) is 0 Å². The Bertz CT molecular complexity index is 875. The van der Waals surface area contributed by atoms with E-state index in [1.54, 1.807) is 13.0 Å². The number of rotatable bonds is 6. The molecule has 1 atom stereocenters. The molecule has 0 aliphatic rings. The molecule has 24 heavy (non-hydrogen) atoms. The Balaban J connectivity index is 1.67. The Morgan fingerprint density at radius 1 is 1.12 bits per heavy atom. The second-order valence-corrected chi connectivity index (χ2v) is 5.75. The Labute approximate surface area is 140 Å². The van der Waals surface area contributed by atoms with Crippen LogP contribution in [0.25, 0.3) is 10.9 Å². The van der Waals surface area contributed by atoms with Crippen LogP contribution in [0.3, 0.4) is 0 Å². The number of para-hydroxylation sites is 1. The monoisotopic (exact) mass is 324 g/mol. The second kappa shape index (κ2) is 7.38. The molecular formula is C19H20N2O3. The average molecular weight is 324 g/mol. The number of hydrogen-bond donors (Lipinski definition) is 1. The zero-order chi connectivity index (χ0) is 16.9. The van der Waals surface area contributed by atoms with Gasteiger partial charge in [0.1, 0.15) is 5.82 Å². The van der Waals surface area contributed by atoms with Gasteiger partial charge in [0.05, 0.1) is 36.8 Å². The van der Waals surface area contributed by atoms with Gasteiger partial charge in [-0.15, -0.1) is 0 Å². The molecule has 5 heteroatoms. The normalized spacial score (nSPS) is 12.4. The highest BCUT2D eigenvalue weighted by molar-refractivity contribution is 5.77. The lowest BCUT2D eigenvalue weighted by atomic mass is 10.2. The summed E-state index contributed by atoms with van der Waals surface area (Å²) in [6.45, 7) is 2.53. The van der Waals surface area contributed by atoms with Gasteiger partial charge in [-0.1, -0.05) is 42.5 Å². The van der Waals surface area contributed by atoms with Crippen molar-refractivity contribution < 1.29 is 9.84 Å². The van der Waals surface area contributed by atoms with Crippen LogP contribution in [0, 0.1) is 6.92 Å². The van der Waals surface area contributed by atoms with E-state index in [4.69, 9.17) is 4.74 Å². The third-order valence-electron chi connectivity index (χ3n) is 3.87. The zero-order valence-corrected chi connectivity index (χ0v) is 13.6. The molecule has 1 N–H and O–H groups in total. The van der Waals surface area contributed by atoms with Gasteiger partial charge in [-0.3, -0.25) is 9.36 Å². The highest BCUT2D eigenvalue weighted by Crippen LogP contribution is 2.08. The van der Waals surface area contributed by atoms with E-state index in [-0.39, 0.29) is 18.7 Å². The highest BCUT2D eigenvalue weighted by atomic mass is 16.5. The topological polar surface area (TPSA) is 64.4 Å². The number of aliphatic hydroxyl groups excluding tert-OH is 1. The lowest BCUT2D eigenvalue weighted by Gasteiger charge is -2.15. The fraction of sp³-hybridized carbons (Fsp3) is 0.263. The van der Waals surface area contributed by atoms with Gasteiger partial charge in [-0.05, 0) is 24.6 Å². The van der Waals surface area contributed by atoms with Gasteiger partial charge in [0, 0.05) is 0 Å². The van der Waals surface area contributed by atoms with Gasteiger partial charge < -0.3 is 9.84 Å². The van der Waals surface area contributed by atoms with Gasteiger partial charge in [-0.25, -0.2) is 4.98 Å². The van der Waals surface area contributed by atoms with Gasteiger partial charge >= 0.3 is 0 Å². The quantitative estimate of drug-likeness (QED) is 0.755. The van der Waals surface area contributed by atoms with Crippen LogP contribution in [0.1, 0.15) is 11.4 Å². The fourth-order valence-electron chi connectivity index (χ4n) is 2.64. The van der Waals surface area contributed by atoms with Crippen LogP contribution in [0.5, 0.6) is 0 Å². The van der Waals surface area contributed by atoms with Crippen LogP contribution in [0.4, 0.5) is 0 Å². The minimum Gasteiger partial charge on any atom is -0.389 e. The lowest BCUT2D eigenvalue weighted by Crippen LogP contribution is -2.31. The van der Waals surface area contributed by atoms with E-state index >= 15 is 0 Å². The van der Waals surface area contributed by atoms with Crippen molar-refractivity contribution in [1.82, 2.24) is 9.55 Å². The van der Waals surface area contributed by atoms with Gasteiger partial charge in [0.15, 0.2) is 0 Å². The number of fused-ring (bicyclic) bond motifs is 1. The Morgan fingerprint density at radius 3 is 2.62 bits per heavy atom. The van der Waals surface area contributed by atoms with Crippen LogP contribution in [0.15, 0.2) is 59.4 Å². The van der Waals surface area contributed by atoms with Crippen molar-refractivity contribution in [3.05, 3.63) is 76.3 Å². The van der Waals surface area contributed by atoms with Crippen molar-refractivity contribution in [1.29, 1.82) is 0 Å². The molecule has 0 amide bonds. The van der Waals surface area contributed by atoms with Crippen LogP contribution < -0.4 is 5.56 Å². The molecule has 0 radical (unpaired) electrons. The van der Waals surface area contributed by atoms with E-state index in [9.17, 15) is 9.90 Å². The summed E-state index contributed by atoms with van der Waals surface area (Å²) in [6, 6.07) is 17.0. The molecule has 3 rings (SSSR count). The summed E-state index contributed by atoms with van der Waals surface area (Å²) < 4.78 is 7.03. The molecule has 0 saturated carbocycles. The van der Waals surface area contributed by atoms with Crippen LogP contribution >= 0.6 is 0 Å². The third kappa shape index (κ3) is 3.69.